The van der Waals surface area contributed by atoms with Crippen molar-refractivity contribution in [3.05, 3.63) is 59.7 Å². The molecule has 0 N–H and O–H groups in total. The average Bonchev–Trinajstić information content (AvgIpc) is 2.84. The third-order valence-corrected chi connectivity index (χ3v) is 6.63. The molecule has 3 nitrogen and oxygen atoms in total. The Bertz CT molecular complexity index is 856. The summed E-state index contributed by atoms with van der Waals surface area (Å²) in [6.45, 7) is 25.6. The van der Waals surface area contributed by atoms with E-state index in [1.807, 2.05) is 6.92 Å². The lowest BCUT2D eigenvalue weighted by Crippen LogP contribution is -2.24. The zero-order chi connectivity index (χ0) is 28.8. The van der Waals surface area contributed by atoms with Gasteiger partial charge >= 0.3 is 0 Å². The van der Waals surface area contributed by atoms with E-state index in [0.717, 1.165) is 17.9 Å². The van der Waals surface area contributed by atoms with Gasteiger partial charge in [0.2, 0.25) is 0 Å². The van der Waals surface area contributed by atoms with Gasteiger partial charge in [-0.3, -0.25) is 0 Å². The number of hydrogen-bond donors (Lipinski definition) is 0. The highest BCUT2D eigenvalue weighted by atomic mass is 16.7. The third kappa shape index (κ3) is 13.2. The van der Waals surface area contributed by atoms with Gasteiger partial charge < -0.3 is 14.2 Å². The highest BCUT2D eigenvalue weighted by Gasteiger charge is 2.30. The summed E-state index contributed by atoms with van der Waals surface area (Å²) in [5.41, 5.74) is 3.26. The van der Waals surface area contributed by atoms with Crippen molar-refractivity contribution in [2.45, 2.75) is 126 Å². The van der Waals surface area contributed by atoms with Gasteiger partial charge in [0.1, 0.15) is 18.1 Å². The molecule has 216 valence electrons. The molecular weight excluding hydrogens is 468 g/mol. The Labute approximate surface area is 235 Å². The van der Waals surface area contributed by atoms with Gasteiger partial charge in [-0.25, -0.2) is 0 Å². The highest BCUT2D eigenvalue weighted by molar-refractivity contribution is 5.31. The molecule has 0 fully saturated rings. The molecule has 0 aliphatic rings. The van der Waals surface area contributed by atoms with Crippen LogP contribution >= 0.6 is 0 Å². The predicted octanol–water partition coefficient (Wildman–Crippen LogP) is 10.8. The molecule has 0 radical (unpaired) electrons. The van der Waals surface area contributed by atoms with E-state index in [9.17, 15) is 0 Å². The molecule has 2 aromatic rings. The predicted molar refractivity (Wildman–Crippen MR) is 165 cm³/mol. The second-order valence-electron chi connectivity index (χ2n) is 12.8. The number of benzene rings is 2. The van der Waals surface area contributed by atoms with Crippen LogP contribution in [-0.4, -0.2) is 19.5 Å². The van der Waals surface area contributed by atoms with Gasteiger partial charge in [0.25, 0.3) is 0 Å². The molecule has 0 aromatic heterocycles. The Hall–Kier alpha value is -2.00. The summed E-state index contributed by atoms with van der Waals surface area (Å²) in [5, 5.41) is 0. The lowest BCUT2D eigenvalue weighted by molar-refractivity contribution is -0.0739. The first-order valence-electron chi connectivity index (χ1n) is 14.9. The van der Waals surface area contributed by atoms with E-state index < -0.39 is 0 Å². The van der Waals surface area contributed by atoms with Crippen LogP contribution in [0.5, 0.6) is 11.5 Å². The number of hydrogen-bond acceptors (Lipinski definition) is 3. The third-order valence-electron chi connectivity index (χ3n) is 6.63. The first kappa shape index (κ1) is 34.0. The van der Waals surface area contributed by atoms with E-state index in [4.69, 9.17) is 14.2 Å². The summed E-state index contributed by atoms with van der Waals surface area (Å²) in [4.78, 5) is 0. The van der Waals surface area contributed by atoms with Crippen LogP contribution in [0, 0.1) is 10.8 Å². The Morgan fingerprint density at radius 2 is 1.24 bits per heavy atom. The average molecular weight is 527 g/mol. The maximum absolute atomic E-state index is 5.99. The zero-order valence-corrected chi connectivity index (χ0v) is 26.5. The molecule has 0 saturated heterocycles. The van der Waals surface area contributed by atoms with Crippen molar-refractivity contribution < 1.29 is 14.2 Å². The molecule has 3 atom stereocenters. The molecule has 0 spiro atoms. The van der Waals surface area contributed by atoms with Crippen molar-refractivity contribution >= 4 is 0 Å². The Morgan fingerprint density at radius 1 is 0.711 bits per heavy atom. The first-order chi connectivity index (χ1) is 17.8. The van der Waals surface area contributed by atoms with Crippen molar-refractivity contribution in [3.63, 3.8) is 0 Å². The van der Waals surface area contributed by atoms with E-state index in [1.54, 1.807) is 0 Å². The van der Waals surface area contributed by atoms with E-state index in [0.29, 0.717) is 25.0 Å². The van der Waals surface area contributed by atoms with Crippen LogP contribution in [0.25, 0.3) is 0 Å². The van der Waals surface area contributed by atoms with Crippen LogP contribution in [0.2, 0.25) is 0 Å². The Kier molecular flexibility index (Phi) is 15.1. The minimum absolute atomic E-state index is 0.208. The van der Waals surface area contributed by atoms with Crippen molar-refractivity contribution in [1.29, 1.82) is 0 Å². The van der Waals surface area contributed by atoms with Gasteiger partial charge in [-0.2, -0.15) is 0 Å². The maximum atomic E-state index is 5.99. The van der Waals surface area contributed by atoms with Gasteiger partial charge in [-0.05, 0) is 84.2 Å². The highest BCUT2D eigenvalue weighted by Crippen LogP contribution is 2.43. The molecule has 0 amide bonds. The number of ether oxygens (including phenoxy) is 3. The summed E-state index contributed by atoms with van der Waals surface area (Å²) in [6, 6.07) is 17.1. The van der Waals surface area contributed by atoms with Gasteiger partial charge in [-0.1, -0.05) is 106 Å². The summed E-state index contributed by atoms with van der Waals surface area (Å²) < 4.78 is 17.7. The molecule has 0 saturated carbocycles. The molecule has 3 heteroatoms. The topological polar surface area (TPSA) is 27.7 Å². The fourth-order valence-electron chi connectivity index (χ4n) is 4.71. The second kappa shape index (κ2) is 16.9. The molecule has 0 heterocycles. The molecule has 0 aliphatic heterocycles. The molecule has 0 aliphatic carbocycles. The zero-order valence-electron chi connectivity index (χ0n) is 26.5. The fraction of sp³-hybridized carbons (Fsp3) is 0.657. The van der Waals surface area contributed by atoms with Gasteiger partial charge in [-0.15, -0.1) is 0 Å². The van der Waals surface area contributed by atoms with Crippen molar-refractivity contribution in [2.24, 2.45) is 10.8 Å². The lowest BCUT2D eigenvalue weighted by Gasteiger charge is -2.36. The standard InChI is InChI=1S/C32H50O3.C3H8/c1-10-12-25(11-2)26-13-17-28(18-14-26)34-22-21-33-24(3)35-29-19-15-27(16-20-29)30(32(7,8)9)23-31(4,5)6;1-3-2/h13-20,24-25,30H,10-12,21-23H2,1-9H3;3H2,1-2H3. The molecule has 0 bridgehead atoms. The van der Waals surface area contributed by atoms with Crippen molar-refractivity contribution in [3.8, 4) is 11.5 Å². The van der Waals surface area contributed by atoms with Crippen LogP contribution in [0.3, 0.4) is 0 Å². The second-order valence-corrected chi connectivity index (χ2v) is 12.8. The minimum Gasteiger partial charge on any atom is -0.491 e. The summed E-state index contributed by atoms with van der Waals surface area (Å²) >= 11 is 0. The van der Waals surface area contributed by atoms with Gasteiger partial charge in [0, 0.05) is 0 Å². The Balaban J connectivity index is 0.00000229. The van der Waals surface area contributed by atoms with Crippen LogP contribution in [0.15, 0.2) is 48.5 Å². The fourth-order valence-corrected chi connectivity index (χ4v) is 4.71. The lowest BCUT2D eigenvalue weighted by atomic mass is 9.69. The van der Waals surface area contributed by atoms with Crippen LogP contribution < -0.4 is 9.47 Å². The van der Waals surface area contributed by atoms with Gasteiger partial charge in [0.15, 0.2) is 6.29 Å². The van der Waals surface area contributed by atoms with Crippen LogP contribution in [0.1, 0.15) is 131 Å². The molecule has 3 unspecified atom stereocenters. The van der Waals surface area contributed by atoms with E-state index in [2.05, 4.69) is 118 Å². The summed E-state index contributed by atoms with van der Waals surface area (Å²) in [7, 11) is 0. The SMILES string of the molecule is CCC.CCCC(CC)c1ccc(OCCOC(C)Oc2ccc(C(CC(C)(C)C)C(C)(C)C)cc2)cc1. The Morgan fingerprint density at radius 3 is 1.71 bits per heavy atom. The summed E-state index contributed by atoms with van der Waals surface area (Å²) in [5.74, 6) is 2.86. The van der Waals surface area contributed by atoms with E-state index in [1.165, 1.54) is 36.8 Å². The van der Waals surface area contributed by atoms with Crippen molar-refractivity contribution in [1.82, 2.24) is 0 Å². The normalized spacial score (nSPS) is 14.2. The summed E-state index contributed by atoms with van der Waals surface area (Å²) in [6.07, 6.45) is 5.69. The molecule has 2 aromatic carbocycles. The van der Waals surface area contributed by atoms with Crippen molar-refractivity contribution in [2.75, 3.05) is 13.2 Å². The van der Waals surface area contributed by atoms with E-state index >= 15 is 0 Å². The molecule has 2 rings (SSSR count). The monoisotopic (exact) mass is 526 g/mol. The minimum atomic E-state index is -0.334. The van der Waals surface area contributed by atoms with Gasteiger partial charge in [0.05, 0.1) is 6.61 Å². The van der Waals surface area contributed by atoms with Crippen LogP contribution in [-0.2, 0) is 4.74 Å². The molecular formula is C35H58O3. The first-order valence-corrected chi connectivity index (χ1v) is 14.9. The molecule has 38 heavy (non-hydrogen) atoms. The number of rotatable bonds is 13. The van der Waals surface area contributed by atoms with Crippen LogP contribution in [0.4, 0.5) is 0 Å². The maximum Gasteiger partial charge on any atom is 0.197 e. The smallest absolute Gasteiger partial charge is 0.197 e. The van der Waals surface area contributed by atoms with E-state index in [-0.39, 0.29) is 17.1 Å². The quantitative estimate of drug-likeness (QED) is 0.192. The largest absolute Gasteiger partial charge is 0.491 e.